The quantitative estimate of drug-likeness (QED) is 0.322. The number of fused-ring (bicyclic) bond motifs is 10. The molecule has 0 radical (unpaired) electrons. The zero-order valence-corrected chi connectivity index (χ0v) is 25.3. The average molecular weight is 613 g/mol. The Morgan fingerprint density at radius 3 is 2.64 bits per heavy atom. The van der Waals surface area contributed by atoms with Crippen molar-refractivity contribution >= 4 is 28.6 Å². The molecule has 3 N–H and O–H groups in total. The minimum Gasteiger partial charge on any atom is -0.496 e. The molecular weight excluding hydrogens is 576 g/mol. The van der Waals surface area contributed by atoms with Gasteiger partial charge in [0, 0.05) is 66.8 Å². The van der Waals surface area contributed by atoms with Gasteiger partial charge >= 0.3 is 0 Å². The number of H-pyrrole nitrogens is 1. The monoisotopic (exact) mass is 612 g/mol. The molecule has 0 unspecified atom stereocenters. The molecule has 3 aliphatic rings. The number of piperidine rings is 1. The van der Waals surface area contributed by atoms with E-state index >= 15 is 0 Å². The highest BCUT2D eigenvalue weighted by atomic mass is 16.5. The van der Waals surface area contributed by atoms with Crippen molar-refractivity contribution in [2.75, 3.05) is 33.9 Å². The molecule has 3 aliphatic heterocycles. The van der Waals surface area contributed by atoms with Crippen LogP contribution in [0.25, 0.3) is 10.9 Å². The van der Waals surface area contributed by atoms with E-state index in [0.717, 1.165) is 22.0 Å². The number of aromatic amines is 1. The van der Waals surface area contributed by atoms with Crippen molar-refractivity contribution in [3.63, 3.8) is 0 Å². The van der Waals surface area contributed by atoms with E-state index in [9.17, 15) is 14.4 Å². The number of hydrogen-bond acceptors (Lipinski definition) is 7. The number of methoxy groups -OCH3 is 2. The average Bonchev–Trinajstić information content (AvgIpc) is 3.54. The fourth-order valence-electron chi connectivity index (χ4n) is 5.80. The Bertz CT molecular complexity index is 1720. The van der Waals surface area contributed by atoms with E-state index < -0.39 is 12.1 Å². The Labute approximate surface area is 260 Å². The highest BCUT2D eigenvalue weighted by molar-refractivity contribution is 5.98. The first-order valence-corrected chi connectivity index (χ1v) is 15.0. The normalized spacial score (nSPS) is 19.1. The van der Waals surface area contributed by atoms with Gasteiger partial charge in [0.05, 0.1) is 20.3 Å². The van der Waals surface area contributed by atoms with E-state index in [1.165, 1.54) is 7.11 Å². The minimum atomic E-state index is -0.518. The lowest BCUT2D eigenvalue weighted by molar-refractivity contribution is -0.125. The molecule has 1 aromatic heterocycles. The SMILES string of the molecule is COc1cc2ccc1CNC(=O)CCc1ccc(OC)c(c1)OCC(=O)N[C@@H]1CN(C(=O)c3ccc4[nH]ccc4c3)CC[C@@H]1O2. The van der Waals surface area contributed by atoms with Gasteiger partial charge in [0.25, 0.3) is 11.8 Å². The smallest absolute Gasteiger partial charge is 0.258 e. The summed E-state index contributed by atoms with van der Waals surface area (Å²) in [6.07, 6.45) is 2.65. The van der Waals surface area contributed by atoms with Gasteiger partial charge < -0.3 is 39.5 Å². The first kappa shape index (κ1) is 29.9. The molecular formula is C34H36N4O7. The Morgan fingerprint density at radius 1 is 0.933 bits per heavy atom. The van der Waals surface area contributed by atoms with Crippen LogP contribution in [0.2, 0.25) is 0 Å². The van der Waals surface area contributed by atoms with Crippen LogP contribution >= 0.6 is 0 Å². The zero-order valence-electron chi connectivity index (χ0n) is 25.3. The Kier molecular flexibility index (Phi) is 8.77. The summed E-state index contributed by atoms with van der Waals surface area (Å²) in [5.41, 5.74) is 3.21. The molecule has 4 aromatic rings. The number of rotatable bonds is 3. The summed E-state index contributed by atoms with van der Waals surface area (Å²) in [5.74, 6) is 1.42. The maximum absolute atomic E-state index is 13.6. The van der Waals surface area contributed by atoms with Gasteiger partial charge in [0.15, 0.2) is 18.1 Å². The molecule has 4 bridgehead atoms. The van der Waals surface area contributed by atoms with Crippen LogP contribution in [0.1, 0.15) is 34.3 Å². The Hall–Kier alpha value is -5.19. The second-order valence-electron chi connectivity index (χ2n) is 11.2. The maximum atomic E-state index is 13.6. The van der Waals surface area contributed by atoms with Crippen LogP contribution in [-0.4, -0.2) is 73.7 Å². The third kappa shape index (κ3) is 6.82. The summed E-state index contributed by atoms with van der Waals surface area (Å²) in [7, 11) is 3.10. The lowest BCUT2D eigenvalue weighted by Gasteiger charge is -2.39. The molecule has 3 amide bonds. The fraction of sp³-hybridized carbons (Fsp3) is 0.324. The van der Waals surface area contributed by atoms with Gasteiger partial charge in [-0.25, -0.2) is 0 Å². The highest BCUT2D eigenvalue weighted by Crippen LogP contribution is 2.30. The molecule has 3 aromatic carbocycles. The molecule has 4 heterocycles. The third-order valence-electron chi connectivity index (χ3n) is 8.23. The molecule has 0 saturated carbocycles. The number of nitrogens with one attached hydrogen (secondary N) is 3. The number of benzene rings is 3. The molecule has 7 rings (SSSR count). The van der Waals surface area contributed by atoms with Gasteiger partial charge in [-0.2, -0.15) is 0 Å². The van der Waals surface area contributed by atoms with Crippen LogP contribution in [-0.2, 0) is 22.6 Å². The van der Waals surface area contributed by atoms with Crippen molar-refractivity contribution in [3.8, 4) is 23.0 Å². The fourth-order valence-corrected chi connectivity index (χ4v) is 5.80. The number of carbonyl (C=O) groups excluding carboxylic acids is 3. The maximum Gasteiger partial charge on any atom is 0.258 e. The number of amides is 3. The van der Waals surface area contributed by atoms with Gasteiger partial charge in [-0.05, 0) is 60.5 Å². The molecule has 11 heteroatoms. The summed E-state index contributed by atoms with van der Waals surface area (Å²) >= 11 is 0. The van der Waals surface area contributed by atoms with Crippen molar-refractivity contribution < 1.29 is 33.3 Å². The largest absolute Gasteiger partial charge is 0.496 e. The van der Waals surface area contributed by atoms with Crippen molar-refractivity contribution in [1.29, 1.82) is 0 Å². The van der Waals surface area contributed by atoms with Gasteiger partial charge in [0.1, 0.15) is 17.6 Å². The molecule has 45 heavy (non-hydrogen) atoms. The van der Waals surface area contributed by atoms with E-state index in [1.807, 2.05) is 42.6 Å². The lowest BCUT2D eigenvalue weighted by atomic mass is 10.00. The van der Waals surface area contributed by atoms with Gasteiger partial charge in [-0.15, -0.1) is 0 Å². The van der Waals surface area contributed by atoms with Crippen molar-refractivity contribution in [2.24, 2.45) is 0 Å². The van der Waals surface area contributed by atoms with Crippen LogP contribution in [0.5, 0.6) is 23.0 Å². The summed E-state index contributed by atoms with van der Waals surface area (Å²) in [5, 5.41) is 6.96. The van der Waals surface area contributed by atoms with Crippen LogP contribution in [0.15, 0.2) is 66.9 Å². The predicted molar refractivity (Wildman–Crippen MR) is 167 cm³/mol. The van der Waals surface area contributed by atoms with Crippen molar-refractivity contribution in [1.82, 2.24) is 20.5 Å². The first-order chi connectivity index (χ1) is 21.9. The topological polar surface area (TPSA) is 131 Å². The van der Waals surface area contributed by atoms with Crippen LogP contribution in [0.3, 0.4) is 0 Å². The van der Waals surface area contributed by atoms with Crippen LogP contribution in [0.4, 0.5) is 0 Å². The number of likely N-dealkylation sites (tertiary alicyclic amines) is 1. The number of aryl methyl sites for hydroxylation is 1. The van der Waals surface area contributed by atoms with E-state index in [-0.39, 0.29) is 37.3 Å². The van der Waals surface area contributed by atoms with E-state index in [4.69, 9.17) is 18.9 Å². The Balaban J connectivity index is 1.27. The van der Waals surface area contributed by atoms with Crippen LogP contribution in [0, 0.1) is 0 Å². The molecule has 234 valence electrons. The summed E-state index contributed by atoms with van der Waals surface area (Å²) in [6.45, 7) is 0.723. The lowest BCUT2D eigenvalue weighted by Crippen LogP contribution is -2.58. The molecule has 1 fully saturated rings. The van der Waals surface area contributed by atoms with E-state index in [2.05, 4.69) is 15.6 Å². The molecule has 0 aliphatic carbocycles. The van der Waals surface area contributed by atoms with E-state index in [1.54, 1.807) is 36.3 Å². The number of ether oxygens (including phenoxy) is 4. The molecule has 1 saturated heterocycles. The third-order valence-corrected chi connectivity index (χ3v) is 8.23. The first-order valence-electron chi connectivity index (χ1n) is 15.0. The Morgan fingerprint density at radius 2 is 1.80 bits per heavy atom. The molecule has 2 atom stereocenters. The van der Waals surface area contributed by atoms with Gasteiger partial charge in [-0.3, -0.25) is 14.4 Å². The highest BCUT2D eigenvalue weighted by Gasteiger charge is 2.35. The summed E-state index contributed by atoms with van der Waals surface area (Å²) < 4.78 is 23.4. The molecule has 0 spiro atoms. The van der Waals surface area contributed by atoms with Gasteiger partial charge in [0.2, 0.25) is 5.91 Å². The van der Waals surface area contributed by atoms with E-state index in [0.29, 0.717) is 54.5 Å². The second kappa shape index (κ2) is 13.2. The zero-order chi connectivity index (χ0) is 31.3. The predicted octanol–water partition coefficient (Wildman–Crippen LogP) is 3.60. The van der Waals surface area contributed by atoms with Crippen LogP contribution < -0.4 is 29.6 Å². The van der Waals surface area contributed by atoms with Crippen molar-refractivity contribution in [3.05, 3.63) is 83.6 Å². The summed E-state index contributed by atoms with van der Waals surface area (Å²) in [4.78, 5) is 44.4. The van der Waals surface area contributed by atoms with Crippen molar-refractivity contribution in [2.45, 2.75) is 38.0 Å². The minimum absolute atomic E-state index is 0.106. The van der Waals surface area contributed by atoms with Gasteiger partial charge in [-0.1, -0.05) is 6.07 Å². The standard InChI is InChI=1S/C34H36N4O7/c1-42-29-9-3-21-4-10-32(39)36-18-24-5-7-25(17-30(24)43-2)45-28-12-14-38(19-27(28)37-33(40)20-44-31(29)15-21)34(41)23-6-8-26-22(16-23)11-13-35-26/h3,5-9,11,13,15-17,27-28,35H,4,10,12,14,18-20H2,1-2H3,(H,36,39)(H,37,40)/t27-,28+/m1/s1. The second-order valence-corrected chi connectivity index (χ2v) is 11.2. The number of aromatic nitrogens is 1. The number of hydrogen-bond donors (Lipinski definition) is 3. The summed E-state index contributed by atoms with van der Waals surface area (Å²) in [6, 6.07) is 17.8. The molecule has 11 nitrogen and oxygen atoms in total. The number of carbonyl (C=O) groups is 3. The number of nitrogens with zero attached hydrogens (tertiary/aromatic N) is 1.